The monoisotopic (exact) mass is 452 g/mol. The smallest absolute Gasteiger partial charge is 0.300 e. The van der Waals surface area contributed by atoms with Crippen molar-refractivity contribution in [1.29, 1.82) is 0 Å². The molecule has 1 saturated heterocycles. The summed E-state index contributed by atoms with van der Waals surface area (Å²) in [6, 6.07) is 10.8. The first-order valence-electron chi connectivity index (χ1n) is 9.64. The largest absolute Gasteiger partial charge is 0.507 e. The molecule has 0 saturated carbocycles. The van der Waals surface area contributed by atoms with E-state index in [9.17, 15) is 19.1 Å². The van der Waals surface area contributed by atoms with E-state index in [4.69, 9.17) is 16.3 Å². The molecule has 8 heteroatoms. The van der Waals surface area contributed by atoms with Crippen molar-refractivity contribution < 1.29 is 23.8 Å². The normalized spacial score (nSPS) is 17.6. The third kappa shape index (κ3) is 3.61. The fourth-order valence-corrected chi connectivity index (χ4v) is 4.07. The molecule has 1 atom stereocenters. The minimum atomic E-state index is -0.967. The number of methoxy groups -OCH3 is 1. The van der Waals surface area contributed by atoms with E-state index < -0.39 is 29.3 Å². The number of Topliss-reactive ketones (excluding diaryl/α,β-unsaturated/α-hetero) is 1. The molecule has 0 spiro atoms. The van der Waals surface area contributed by atoms with Gasteiger partial charge in [-0.15, -0.1) is 0 Å². The van der Waals surface area contributed by atoms with E-state index >= 15 is 0 Å². The predicted molar refractivity (Wildman–Crippen MR) is 118 cm³/mol. The van der Waals surface area contributed by atoms with Gasteiger partial charge in [-0.25, -0.2) is 4.39 Å². The van der Waals surface area contributed by atoms with Crippen molar-refractivity contribution in [2.75, 3.05) is 12.0 Å². The Labute approximate surface area is 188 Å². The lowest BCUT2D eigenvalue weighted by Crippen LogP contribution is -2.30. The van der Waals surface area contributed by atoms with E-state index in [0.717, 1.165) is 6.07 Å². The average Bonchev–Trinajstić information content (AvgIpc) is 3.04. The molecule has 1 N–H and O–H groups in total. The number of aliphatic hydroxyl groups is 1. The molecule has 1 aliphatic rings. The molecule has 0 aliphatic carbocycles. The lowest BCUT2D eigenvalue weighted by Gasteiger charge is -2.27. The van der Waals surface area contributed by atoms with Crippen LogP contribution in [0.2, 0.25) is 5.02 Å². The van der Waals surface area contributed by atoms with Gasteiger partial charge < -0.3 is 9.84 Å². The Morgan fingerprint density at radius 2 is 1.84 bits per heavy atom. The Balaban J connectivity index is 2.00. The van der Waals surface area contributed by atoms with Crippen molar-refractivity contribution in [2.24, 2.45) is 0 Å². The summed E-state index contributed by atoms with van der Waals surface area (Å²) in [5.41, 5.74) is 1.47. The quantitative estimate of drug-likeness (QED) is 0.349. The standard InChI is InChI=1S/C24H18ClFN2O4/c1-13-11-15(25)3-5-18(13)28-21(14-7-9-27-10-8-14)20(23(30)24(28)31)22(29)17-12-16(26)4-6-19(17)32-2/h3-12,21,29H,1-2H3/b22-20+. The molecule has 4 rings (SSSR count). The number of anilines is 1. The third-order valence-corrected chi connectivity index (χ3v) is 5.54. The minimum absolute atomic E-state index is 0.0302. The highest BCUT2D eigenvalue weighted by Gasteiger charge is 2.47. The number of nitrogens with zero attached hydrogens (tertiary/aromatic N) is 2. The zero-order chi connectivity index (χ0) is 23.0. The van der Waals surface area contributed by atoms with Gasteiger partial charge in [0.25, 0.3) is 11.7 Å². The molecule has 2 aromatic carbocycles. The molecule has 6 nitrogen and oxygen atoms in total. The van der Waals surface area contributed by atoms with Gasteiger partial charge in [0.2, 0.25) is 0 Å². The molecule has 0 radical (unpaired) electrons. The van der Waals surface area contributed by atoms with Gasteiger partial charge >= 0.3 is 0 Å². The number of carbonyl (C=O) groups excluding carboxylic acids is 2. The zero-order valence-corrected chi connectivity index (χ0v) is 17.9. The van der Waals surface area contributed by atoms with Crippen LogP contribution in [0.3, 0.4) is 0 Å². The highest BCUT2D eigenvalue weighted by Crippen LogP contribution is 2.44. The second-order valence-electron chi connectivity index (χ2n) is 7.23. The van der Waals surface area contributed by atoms with Crippen molar-refractivity contribution >= 4 is 34.7 Å². The van der Waals surface area contributed by atoms with E-state index in [2.05, 4.69) is 4.98 Å². The van der Waals surface area contributed by atoms with Crippen LogP contribution in [0.1, 0.15) is 22.7 Å². The molecule has 0 bridgehead atoms. The molecular weight excluding hydrogens is 435 g/mol. The van der Waals surface area contributed by atoms with Crippen LogP contribution < -0.4 is 9.64 Å². The highest BCUT2D eigenvalue weighted by molar-refractivity contribution is 6.52. The summed E-state index contributed by atoms with van der Waals surface area (Å²) in [6.45, 7) is 1.76. The number of benzene rings is 2. The predicted octanol–water partition coefficient (Wildman–Crippen LogP) is 4.82. The Kier molecular flexibility index (Phi) is 5.67. The first-order chi connectivity index (χ1) is 15.3. The number of ether oxygens (including phenoxy) is 1. The summed E-state index contributed by atoms with van der Waals surface area (Å²) >= 11 is 6.07. The van der Waals surface area contributed by atoms with Crippen LogP contribution >= 0.6 is 11.6 Å². The first kappa shape index (κ1) is 21.5. The molecule has 3 aromatic rings. The second kappa shape index (κ2) is 8.43. The fraction of sp³-hybridized carbons (Fsp3) is 0.125. The third-order valence-electron chi connectivity index (χ3n) is 5.30. The lowest BCUT2D eigenvalue weighted by atomic mass is 9.95. The molecule has 2 heterocycles. The van der Waals surface area contributed by atoms with Crippen molar-refractivity contribution in [1.82, 2.24) is 4.98 Å². The van der Waals surface area contributed by atoms with Gasteiger partial charge in [-0.05, 0) is 66.6 Å². The van der Waals surface area contributed by atoms with E-state index in [1.165, 1.54) is 36.5 Å². The van der Waals surface area contributed by atoms with Gasteiger partial charge in [-0.1, -0.05) is 11.6 Å². The maximum atomic E-state index is 14.0. The van der Waals surface area contributed by atoms with E-state index in [1.54, 1.807) is 37.3 Å². The van der Waals surface area contributed by atoms with Crippen LogP contribution in [-0.4, -0.2) is 28.9 Å². The molecule has 162 valence electrons. The highest BCUT2D eigenvalue weighted by atomic mass is 35.5. The van der Waals surface area contributed by atoms with Crippen LogP contribution in [0, 0.1) is 12.7 Å². The van der Waals surface area contributed by atoms with Gasteiger partial charge in [0.15, 0.2) is 0 Å². The number of amides is 1. The SMILES string of the molecule is COc1ccc(F)cc1/C(O)=C1\C(=O)C(=O)N(c2ccc(Cl)cc2C)C1c1ccncc1. The van der Waals surface area contributed by atoms with Crippen LogP contribution in [0.4, 0.5) is 10.1 Å². The Bertz CT molecular complexity index is 1260. The summed E-state index contributed by atoms with van der Waals surface area (Å²) in [5.74, 6) is -2.73. The van der Waals surface area contributed by atoms with Gasteiger partial charge in [-0.3, -0.25) is 19.5 Å². The van der Waals surface area contributed by atoms with Crippen LogP contribution in [0.25, 0.3) is 5.76 Å². The number of halogens is 2. The maximum absolute atomic E-state index is 14.0. The lowest BCUT2D eigenvalue weighted by molar-refractivity contribution is -0.132. The number of hydrogen-bond donors (Lipinski definition) is 1. The summed E-state index contributed by atoms with van der Waals surface area (Å²) in [6.07, 6.45) is 3.04. The second-order valence-corrected chi connectivity index (χ2v) is 7.66. The van der Waals surface area contributed by atoms with Crippen molar-refractivity contribution in [3.63, 3.8) is 0 Å². The number of carbonyl (C=O) groups is 2. The van der Waals surface area contributed by atoms with Crippen molar-refractivity contribution in [3.8, 4) is 5.75 Å². The summed E-state index contributed by atoms with van der Waals surface area (Å²) in [4.78, 5) is 31.6. The molecule has 1 aliphatic heterocycles. The number of aliphatic hydroxyl groups excluding tert-OH is 1. The van der Waals surface area contributed by atoms with E-state index in [0.29, 0.717) is 21.8 Å². The minimum Gasteiger partial charge on any atom is -0.507 e. The maximum Gasteiger partial charge on any atom is 0.300 e. The zero-order valence-electron chi connectivity index (χ0n) is 17.2. The number of aryl methyl sites for hydroxylation is 1. The van der Waals surface area contributed by atoms with Gasteiger partial charge in [0.1, 0.15) is 17.3 Å². The Hall–Kier alpha value is -3.71. The number of hydrogen-bond acceptors (Lipinski definition) is 5. The van der Waals surface area contributed by atoms with E-state index in [1.807, 2.05) is 0 Å². The number of ketones is 1. The fourth-order valence-electron chi connectivity index (χ4n) is 3.84. The summed E-state index contributed by atoms with van der Waals surface area (Å²) in [7, 11) is 1.36. The topological polar surface area (TPSA) is 79.7 Å². The molecule has 1 unspecified atom stereocenters. The molecule has 32 heavy (non-hydrogen) atoms. The molecule has 1 amide bonds. The average molecular weight is 453 g/mol. The number of aromatic nitrogens is 1. The van der Waals surface area contributed by atoms with Crippen LogP contribution in [0.15, 0.2) is 66.5 Å². The summed E-state index contributed by atoms with van der Waals surface area (Å²) < 4.78 is 19.2. The van der Waals surface area contributed by atoms with Gasteiger partial charge in [0, 0.05) is 23.1 Å². The molecule has 1 fully saturated rings. The number of pyridine rings is 1. The van der Waals surface area contributed by atoms with Crippen LogP contribution in [-0.2, 0) is 9.59 Å². The van der Waals surface area contributed by atoms with Crippen molar-refractivity contribution in [3.05, 3.63) is 94.0 Å². The van der Waals surface area contributed by atoms with Gasteiger partial charge in [-0.2, -0.15) is 0 Å². The first-order valence-corrected chi connectivity index (χ1v) is 10.0. The van der Waals surface area contributed by atoms with Crippen LogP contribution in [0.5, 0.6) is 5.75 Å². The molecule has 1 aromatic heterocycles. The molecular formula is C24H18ClFN2O4. The Morgan fingerprint density at radius 3 is 2.50 bits per heavy atom. The Morgan fingerprint density at radius 1 is 1.12 bits per heavy atom. The van der Waals surface area contributed by atoms with Gasteiger partial charge in [0.05, 0.1) is 24.3 Å². The van der Waals surface area contributed by atoms with Crippen molar-refractivity contribution in [2.45, 2.75) is 13.0 Å². The van der Waals surface area contributed by atoms with E-state index in [-0.39, 0.29) is 16.9 Å². The number of rotatable bonds is 4. The summed E-state index contributed by atoms with van der Waals surface area (Å²) in [5, 5.41) is 11.6.